The van der Waals surface area contributed by atoms with Gasteiger partial charge in [-0.15, -0.1) is 0 Å². The zero-order valence-corrected chi connectivity index (χ0v) is 9.43. The Morgan fingerprint density at radius 2 is 2.12 bits per heavy atom. The molecule has 0 bridgehead atoms. The molecule has 0 saturated carbocycles. The van der Waals surface area contributed by atoms with E-state index in [-0.39, 0.29) is 17.1 Å². The van der Waals surface area contributed by atoms with Crippen LogP contribution in [0.4, 0.5) is 0 Å². The molecule has 7 nitrogen and oxygen atoms in total. The highest BCUT2D eigenvalue weighted by Crippen LogP contribution is 2.14. The van der Waals surface area contributed by atoms with Crippen LogP contribution in [0.25, 0.3) is 5.70 Å². The largest absolute Gasteiger partial charge is 0.391 e. The van der Waals surface area contributed by atoms with Crippen molar-refractivity contribution in [3.05, 3.63) is 39.9 Å². The molecule has 0 unspecified atom stereocenters. The second-order valence-electron chi connectivity index (χ2n) is 2.46. The molecule has 1 heterocycles. The number of nitro groups is 1. The summed E-state index contributed by atoms with van der Waals surface area (Å²) in [4.78, 5) is 9.85. The Hall–Kier alpha value is -2.18. The number of aromatic nitrogens is 2. The normalized spacial score (nSPS) is 10.9. The first-order valence-electron chi connectivity index (χ1n) is 4.64. The summed E-state index contributed by atoms with van der Waals surface area (Å²) in [6.07, 6.45) is 1.05. The maximum atomic E-state index is 10.5. The van der Waals surface area contributed by atoms with Gasteiger partial charge in [0.05, 0.1) is 4.92 Å². The van der Waals surface area contributed by atoms with Gasteiger partial charge in [-0.25, -0.2) is 4.63 Å². The van der Waals surface area contributed by atoms with Crippen molar-refractivity contribution in [1.82, 2.24) is 10.3 Å². The Balaban J connectivity index is 0.00000106. The lowest BCUT2D eigenvalue weighted by Crippen LogP contribution is -2.08. The maximum absolute atomic E-state index is 10.5. The second-order valence-corrected chi connectivity index (χ2v) is 2.46. The molecule has 2 N–H and O–H groups in total. The molecular formula is C9H14N4O3. The molecule has 16 heavy (non-hydrogen) atoms. The molecule has 7 heteroatoms. The van der Waals surface area contributed by atoms with Crippen molar-refractivity contribution in [2.75, 3.05) is 0 Å². The molecule has 88 valence electrons. The van der Waals surface area contributed by atoms with Crippen LogP contribution in [0.5, 0.6) is 0 Å². The van der Waals surface area contributed by atoms with Crippen molar-refractivity contribution in [3.63, 3.8) is 0 Å². The maximum Gasteiger partial charge on any atom is 0.293 e. The van der Waals surface area contributed by atoms with Crippen molar-refractivity contribution in [1.29, 1.82) is 0 Å². The molecule has 0 amide bonds. The lowest BCUT2D eigenvalue weighted by Gasteiger charge is -1.96. The zero-order chi connectivity index (χ0) is 12.7. The molecule has 0 saturated heterocycles. The average Bonchev–Trinajstić information content (AvgIpc) is 2.67. The first-order valence-corrected chi connectivity index (χ1v) is 4.64. The molecule has 0 aromatic carbocycles. The third-order valence-corrected chi connectivity index (χ3v) is 1.57. The van der Waals surface area contributed by atoms with E-state index >= 15 is 0 Å². The van der Waals surface area contributed by atoms with Crippen molar-refractivity contribution in [2.45, 2.75) is 20.8 Å². The predicted molar refractivity (Wildman–Crippen MR) is 58.7 cm³/mol. The molecule has 0 fully saturated rings. The molecule has 1 rings (SSSR count). The van der Waals surface area contributed by atoms with E-state index in [0.29, 0.717) is 5.69 Å². The monoisotopic (exact) mass is 226 g/mol. The van der Waals surface area contributed by atoms with Crippen LogP contribution >= 0.6 is 0 Å². The minimum atomic E-state index is -0.642. The summed E-state index contributed by atoms with van der Waals surface area (Å²) >= 11 is 0. The molecule has 0 spiro atoms. The van der Waals surface area contributed by atoms with Crippen LogP contribution < -0.4 is 5.73 Å². The highest BCUT2D eigenvalue weighted by Gasteiger charge is 2.18. The topological polar surface area (TPSA) is 108 Å². The molecule has 0 atom stereocenters. The summed E-state index contributed by atoms with van der Waals surface area (Å²) in [7, 11) is 0. The molecule has 0 aliphatic rings. The fourth-order valence-electron chi connectivity index (χ4n) is 0.880. The van der Waals surface area contributed by atoms with Crippen molar-refractivity contribution < 1.29 is 9.55 Å². The number of nitrogens with zero attached hydrogens (tertiary/aromatic N) is 3. The Morgan fingerprint density at radius 3 is 2.44 bits per heavy atom. The summed E-state index contributed by atoms with van der Waals surface area (Å²) in [5, 5.41) is 17.4. The summed E-state index contributed by atoms with van der Waals surface area (Å²) in [5.74, 6) is 0. The third kappa shape index (κ3) is 2.91. The van der Waals surface area contributed by atoms with E-state index in [2.05, 4.69) is 21.5 Å². The first-order chi connectivity index (χ1) is 7.57. The number of hydrogen-bond donors (Lipinski definition) is 1. The first kappa shape index (κ1) is 13.8. The molecule has 1 aromatic heterocycles. The van der Waals surface area contributed by atoms with E-state index in [9.17, 15) is 10.1 Å². The van der Waals surface area contributed by atoms with E-state index in [1.54, 1.807) is 6.92 Å². The van der Waals surface area contributed by atoms with Crippen LogP contribution in [-0.2, 0) is 0 Å². The van der Waals surface area contributed by atoms with Gasteiger partial charge in [0.25, 0.3) is 5.70 Å². The fourth-order valence-corrected chi connectivity index (χ4v) is 0.880. The Kier molecular flexibility index (Phi) is 5.47. The third-order valence-electron chi connectivity index (χ3n) is 1.57. The second kappa shape index (κ2) is 6.33. The van der Waals surface area contributed by atoms with E-state index in [4.69, 9.17) is 5.73 Å². The van der Waals surface area contributed by atoms with Crippen LogP contribution in [0.3, 0.4) is 0 Å². The summed E-state index contributed by atoms with van der Waals surface area (Å²) in [6.45, 7) is 8.87. The van der Waals surface area contributed by atoms with E-state index in [1.165, 1.54) is 0 Å². The quantitative estimate of drug-likeness (QED) is 0.475. The van der Waals surface area contributed by atoms with E-state index in [0.717, 1.165) is 6.08 Å². The number of rotatable bonds is 3. The predicted octanol–water partition coefficient (Wildman–Crippen LogP) is 1.49. The van der Waals surface area contributed by atoms with Gasteiger partial charge in [-0.1, -0.05) is 25.6 Å². The minimum Gasteiger partial charge on any atom is -0.391 e. The number of aryl methyl sites for hydroxylation is 1. The van der Waals surface area contributed by atoms with Gasteiger partial charge in [-0.05, 0) is 12.1 Å². The Morgan fingerprint density at radius 1 is 1.56 bits per heavy atom. The van der Waals surface area contributed by atoms with Gasteiger partial charge in [0.1, 0.15) is 11.4 Å². The molecule has 0 radical (unpaired) electrons. The van der Waals surface area contributed by atoms with Crippen molar-refractivity contribution in [2.24, 2.45) is 5.73 Å². The van der Waals surface area contributed by atoms with Crippen LogP contribution in [0, 0.1) is 17.0 Å². The van der Waals surface area contributed by atoms with Gasteiger partial charge in [0.2, 0.25) is 0 Å². The average molecular weight is 226 g/mol. The van der Waals surface area contributed by atoms with Crippen LogP contribution in [0.1, 0.15) is 25.2 Å². The standard InChI is InChI=1S/C7H8N4O3.C2H6/c1-3-5(11(12)13)6(8)7-4(2)9-14-10-7;1-2/h3H,1,8H2,2H3;1-2H3/b6-5-;. The van der Waals surface area contributed by atoms with Crippen LogP contribution in [0.15, 0.2) is 23.0 Å². The lowest BCUT2D eigenvalue weighted by atomic mass is 10.2. The van der Waals surface area contributed by atoms with Crippen LogP contribution in [-0.4, -0.2) is 15.2 Å². The van der Waals surface area contributed by atoms with E-state index < -0.39 is 4.92 Å². The SMILES string of the molecule is C=C/C(=C(/N)c1nonc1C)[N+](=O)[O-].CC. The van der Waals surface area contributed by atoms with Crippen molar-refractivity contribution >= 4 is 5.70 Å². The number of hydrogen-bond acceptors (Lipinski definition) is 6. The molecule has 0 aliphatic carbocycles. The van der Waals surface area contributed by atoms with Gasteiger partial charge in [-0.2, -0.15) is 0 Å². The minimum absolute atomic E-state index is 0.108. The summed E-state index contributed by atoms with van der Waals surface area (Å²) < 4.78 is 4.37. The smallest absolute Gasteiger partial charge is 0.293 e. The van der Waals surface area contributed by atoms with Gasteiger partial charge >= 0.3 is 0 Å². The van der Waals surface area contributed by atoms with Crippen LogP contribution in [0.2, 0.25) is 0 Å². The molecule has 1 aromatic rings. The number of nitrogens with two attached hydrogens (primary N) is 1. The molecular weight excluding hydrogens is 212 g/mol. The Labute approximate surface area is 92.7 Å². The van der Waals surface area contributed by atoms with Crippen molar-refractivity contribution in [3.8, 4) is 0 Å². The van der Waals surface area contributed by atoms with Gasteiger partial charge < -0.3 is 5.73 Å². The fraction of sp³-hybridized carbons (Fsp3) is 0.333. The highest BCUT2D eigenvalue weighted by atomic mass is 16.6. The van der Waals surface area contributed by atoms with Gasteiger partial charge in [0, 0.05) is 6.08 Å². The summed E-state index contributed by atoms with van der Waals surface area (Å²) in [6, 6.07) is 0. The van der Waals surface area contributed by atoms with Gasteiger partial charge in [-0.3, -0.25) is 10.1 Å². The zero-order valence-electron chi connectivity index (χ0n) is 9.43. The lowest BCUT2D eigenvalue weighted by molar-refractivity contribution is -0.418. The number of allylic oxidation sites excluding steroid dienone is 1. The summed E-state index contributed by atoms with van der Waals surface area (Å²) in [5.41, 5.74) is 5.63. The van der Waals surface area contributed by atoms with Gasteiger partial charge in [0.15, 0.2) is 5.69 Å². The Bertz CT molecular complexity index is 409. The molecule has 0 aliphatic heterocycles. The van der Waals surface area contributed by atoms with E-state index in [1.807, 2.05) is 13.8 Å². The highest BCUT2D eigenvalue weighted by molar-refractivity contribution is 5.64.